The van der Waals surface area contributed by atoms with Gasteiger partial charge in [0.15, 0.2) is 9.84 Å². The van der Waals surface area contributed by atoms with Crippen LogP contribution in [0.1, 0.15) is 18.0 Å². The molecule has 4 nitrogen and oxygen atoms in total. The van der Waals surface area contributed by atoms with E-state index >= 15 is 0 Å². The first-order chi connectivity index (χ1) is 7.39. The van der Waals surface area contributed by atoms with Crippen molar-refractivity contribution in [2.24, 2.45) is 0 Å². The van der Waals surface area contributed by atoms with E-state index in [1.54, 1.807) is 6.92 Å². The van der Waals surface area contributed by atoms with Gasteiger partial charge in [0, 0.05) is 11.6 Å². The van der Waals surface area contributed by atoms with Gasteiger partial charge in [-0.05, 0) is 18.4 Å². The van der Waals surface area contributed by atoms with Crippen LogP contribution in [-0.4, -0.2) is 24.6 Å². The minimum absolute atomic E-state index is 0.252. The molecule has 0 spiro atoms. The van der Waals surface area contributed by atoms with Gasteiger partial charge in [-0.25, -0.2) is 18.4 Å². The van der Waals surface area contributed by atoms with Crippen LogP contribution in [0.3, 0.4) is 0 Å². The molecule has 0 amide bonds. The summed E-state index contributed by atoms with van der Waals surface area (Å²) in [6.07, 6.45) is 1.16. The van der Waals surface area contributed by atoms with E-state index in [1.165, 1.54) is 11.3 Å². The third-order valence-corrected chi connectivity index (χ3v) is 4.89. The maximum absolute atomic E-state index is 11.4. The molecule has 0 aliphatic rings. The summed E-state index contributed by atoms with van der Waals surface area (Å²) in [7, 11) is -3.20. The SMILES string of the molecule is CC(c1nc(Cl)c2ccsc2n1)S(C)(=O)=O. The van der Waals surface area contributed by atoms with Crippen molar-refractivity contribution >= 4 is 43.0 Å². The normalized spacial score (nSPS) is 14.2. The number of nitrogens with zero attached hydrogens (tertiary/aromatic N) is 2. The molecule has 0 aromatic carbocycles. The highest BCUT2D eigenvalue weighted by atomic mass is 35.5. The molecule has 86 valence electrons. The second-order valence-corrected chi connectivity index (χ2v) is 7.10. The highest BCUT2D eigenvalue weighted by Crippen LogP contribution is 2.28. The average molecular weight is 277 g/mol. The van der Waals surface area contributed by atoms with Crippen molar-refractivity contribution in [3.05, 3.63) is 22.4 Å². The van der Waals surface area contributed by atoms with E-state index in [9.17, 15) is 8.42 Å². The highest BCUT2D eigenvalue weighted by Gasteiger charge is 2.21. The van der Waals surface area contributed by atoms with E-state index in [-0.39, 0.29) is 5.82 Å². The fraction of sp³-hybridized carbons (Fsp3) is 0.333. The van der Waals surface area contributed by atoms with Crippen LogP contribution >= 0.6 is 22.9 Å². The minimum atomic E-state index is -3.20. The Morgan fingerprint density at radius 2 is 2.12 bits per heavy atom. The lowest BCUT2D eigenvalue weighted by Gasteiger charge is -2.07. The van der Waals surface area contributed by atoms with Crippen molar-refractivity contribution in [2.45, 2.75) is 12.2 Å². The predicted molar refractivity (Wildman–Crippen MR) is 65.7 cm³/mol. The number of aromatic nitrogens is 2. The number of hydrogen-bond donors (Lipinski definition) is 0. The first kappa shape index (κ1) is 11.8. The minimum Gasteiger partial charge on any atom is -0.228 e. The Balaban J connectivity index is 2.62. The molecule has 0 saturated carbocycles. The molecule has 0 radical (unpaired) electrons. The molecule has 2 rings (SSSR count). The average Bonchev–Trinajstić information content (AvgIpc) is 2.63. The molecule has 2 aromatic heterocycles. The second kappa shape index (κ2) is 3.94. The smallest absolute Gasteiger partial charge is 0.157 e. The summed E-state index contributed by atoms with van der Waals surface area (Å²) in [5.74, 6) is 0.252. The third kappa shape index (κ3) is 2.05. The maximum atomic E-state index is 11.4. The summed E-state index contributed by atoms with van der Waals surface area (Å²) >= 11 is 7.37. The number of halogens is 1. The quantitative estimate of drug-likeness (QED) is 0.791. The third-order valence-electron chi connectivity index (χ3n) is 2.30. The molecule has 0 aliphatic heterocycles. The predicted octanol–water partition coefficient (Wildman–Crippen LogP) is 2.45. The highest BCUT2D eigenvalue weighted by molar-refractivity contribution is 7.90. The Morgan fingerprint density at radius 3 is 2.75 bits per heavy atom. The molecule has 2 aromatic rings. The molecule has 1 atom stereocenters. The second-order valence-electron chi connectivity index (χ2n) is 3.48. The van der Waals surface area contributed by atoms with E-state index in [4.69, 9.17) is 11.6 Å². The topological polar surface area (TPSA) is 59.9 Å². The van der Waals surface area contributed by atoms with Crippen LogP contribution in [0.25, 0.3) is 10.2 Å². The molecule has 0 N–H and O–H groups in total. The van der Waals surface area contributed by atoms with Gasteiger partial charge >= 0.3 is 0 Å². The van der Waals surface area contributed by atoms with E-state index in [2.05, 4.69) is 9.97 Å². The van der Waals surface area contributed by atoms with E-state index in [0.717, 1.165) is 11.6 Å². The van der Waals surface area contributed by atoms with Crippen LogP contribution in [-0.2, 0) is 9.84 Å². The van der Waals surface area contributed by atoms with Crippen LogP contribution in [0.4, 0.5) is 0 Å². The van der Waals surface area contributed by atoms with Gasteiger partial charge in [0.2, 0.25) is 0 Å². The molecule has 0 saturated heterocycles. The molecule has 16 heavy (non-hydrogen) atoms. The molecule has 7 heteroatoms. The number of fused-ring (bicyclic) bond motifs is 1. The van der Waals surface area contributed by atoms with E-state index < -0.39 is 15.1 Å². The van der Waals surface area contributed by atoms with Gasteiger partial charge in [-0.3, -0.25) is 0 Å². The Morgan fingerprint density at radius 1 is 1.44 bits per heavy atom. The van der Waals surface area contributed by atoms with Crippen LogP contribution in [0.15, 0.2) is 11.4 Å². The van der Waals surface area contributed by atoms with Gasteiger partial charge in [-0.2, -0.15) is 0 Å². The Kier molecular flexibility index (Phi) is 2.90. The fourth-order valence-electron chi connectivity index (χ4n) is 1.21. The zero-order valence-electron chi connectivity index (χ0n) is 8.64. The lowest BCUT2D eigenvalue weighted by Crippen LogP contribution is -2.11. The molecule has 0 bridgehead atoms. The Hall–Kier alpha value is -0.720. The van der Waals surface area contributed by atoms with E-state index in [0.29, 0.717) is 9.98 Å². The molecule has 1 unspecified atom stereocenters. The van der Waals surface area contributed by atoms with E-state index in [1.807, 2.05) is 11.4 Å². The number of hydrogen-bond acceptors (Lipinski definition) is 5. The van der Waals surface area contributed by atoms with Crippen molar-refractivity contribution in [3.63, 3.8) is 0 Å². The van der Waals surface area contributed by atoms with Crippen molar-refractivity contribution in [1.29, 1.82) is 0 Å². The summed E-state index contributed by atoms with van der Waals surface area (Å²) < 4.78 is 22.8. The lowest BCUT2D eigenvalue weighted by atomic mass is 10.4. The monoisotopic (exact) mass is 276 g/mol. The first-order valence-electron chi connectivity index (χ1n) is 4.49. The molecule has 2 heterocycles. The lowest BCUT2D eigenvalue weighted by molar-refractivity contribution is 0.589. The molecular formula is C9H9ClN2O2S2. The van der Waals surface area contributed by atoms with Gasteiger partial charge in [0.25, 0.3) is 0 Å². The van der Waals surface area contributed by atoms with Crippen LogP contribution < -0.4 is 0 Å². The van der Waals surface area contributed by atoms with Crippen molar-refractivity contribution in [3.8, 4) is 0 Å². The molecule has 0 fully saturated rings. The van der Waals surface area contributed by atoms with Crippen molar-refractivity contribution in [1.82, 2.24) is 9.97 Å². The Bertz CT molecular complexity index is 636. The zero-order chi connectivity index (χ0) is 11.9. The van der Waals surface area contributed by atoms with Crippen LogP contribution in [0.2, 0.25) is 5.15 Å². The van der Waals surface area contributed by atoms with Gasteiger partial charge in [0.1, 0.15) is 21.1 Å². The van der Waals surface area contributed by atoms with Gasteiger partial charge in [-0.15, -0.1) is 11.3 Å². The van der Waals surface area contributed by atoms with Gasteiger partial charge < -0.3 is 0 Å². The first-order valence-corrected chi connectivity index (χ1v) is 7.70. The van der Waals surface area contributed by atoms with Gasteiger partial charge in [0.05, 0.1) is 0 Å². The Labute approximate surface area is 102 Å². The molecule has 0 aliphatic carbocycles. The number of sulfone groups is 1. The molecular weight excluding hydrogens is 268 g/mol. The standard InChI is InChI=1S/C9H9ClN2O2S2/c1-5(16(2,13)14)8-11-7(10)6-3-4-15-9(6)12-8/h3-5H,1-2H3. The summed E-state index contributed by atoms with van der Waals surface area (Å²) in [6, 6.07) is 1.82. The number of thiophene rings is 1. The van der Waals surface area contributed by atoms with Crippen LogP contribution in [0.5, 0.6) is 0 Å². The summed E-state index contributed by atoms with van der Waals surface area (Å²) in [5, 5.41) is 2.17. The van der Waals surface area contributed by atoms with Gasteiger partial charge in [-0.1, -0.05) is 11.6 Å². The zero-order valence-corrected chi connectivity index (χ0v) is 11.0. The summed E-state index contributed by atoms with van der Waals surface area (Å²) in [5.41, 5.74) is 0. The number of rotatable bonds is 2. The maximum Gasteiger partial charge on any atom is 0.157 e. The fourth-order valence-corrected chi connectivity index (χ4v) is 2.76. The van der Waals surface area contributed by atoms with Crippen LogP contribution in [0, 0.1) is 0 Å². The summed E-state index contributed by atoms with van der Waals surface area (Å²) in [4.78, 5) is 8.94. The van der Waals surface area contributed by atoms with Crippen molar-refractivity contribution < 1.29 is 8.42 Å². The van der Waals surface area contributed by atoms with Crippen molar-refractivity contribution in [2.75, 3.05) is 6.26 Å². The summed E-state index contributed by atoms with van der Waals surface area (Å²) in [6.45, 7) is 1.56. The largest absolute Gasteiger partial charge is 0.228 e.